The molecule has 90 valence electrons. The smallest absolute Gasteiger partial charge is 0.129 e. The second-order valence-electron chi connectivity index (χ2n) is 3.77. The summed E-state index contributed by atoms with van der Waals surface area (Å²) in [7, 11) is 1.52. The van der Waals surface area contributed by atoms with Crippen LogP contribution in [0.25, 0.3) is 0 Å². The van der Waals surface area contributed by atoms with Gasteiger partial charge in [-0.05, 0) is 25.5 Å². The molecule has 0 heterocycles. The molecule has 0 aliphatic carbocycles. The van der Waals surface area contributed by atoms with Crippen molar-refractivity contribution >= 4 is 0 Å². The second kappa shape index (κ2) is 6.69. The van der Waals surface area contributed by atoms with Crippen LogP contribution in [0.3, 0.4) is 0 Å². The summed E-state index contributed by atoms with van der Waals surface area (Å²) in [4.78, 5) is 0. The predicted octanol–water partition coefficient (Wildman–Crippen LogP) is 4.14. The molecule has 0 atom stereocenters. The van der Waals surface area contributed by atoms with Gasteiger partial charge in [0.25, 0.3) is 0 Å². The summed E-state index contributed by atoms with van der Waals surface area (Å²) < 4.78 is 17.5. The topological polar surface area (TPSA) is 9.23 Å². The van der Waals surface area contributed by atoms with Crippen molar-refractivity contribution in [3.8, 4) is 5.75 Å². The third-order valence-electron chi connectivity index (χ3n) is 2.32. The monoisotopic (exact) mass is 232 g/mol. The van der Waals surface area contributed by atoms with Gasteiger partial charge < -0.3 is 4.74 Å². The van der Waals surface area contributed by atoms with Gasteiger partial charge in [0, 0.05) is 6.07 Å². The average Bonchev–Trinajstić information content (AvgIpc) is 2.34. The standard InChI is InChI=1S/C8H9FO.C7H8/c1-6-3-4-7(10-2)5-8(6)9;1-7-5-3-2-4-6-7/h3-5H,1-2H3;2-6H,1H3. The van der Waals surface area contributed by atoms with Gasteiger partial charge in [0.1, 0.15) is 11.6 Å². The number of hydrogen-bond acceptors (Lipinski definition) is 1. The quantitative estimate of drug-likeness (QED) is 0.718. The lowest BCUT2D eigenvalue weighted by molar-refractivity contribution is 0.411. The molecule has 0 saturated heterocycles. The van der Waals surface area contributed by atoms with Crippen LogP contribution in [-0.4, -0.2) is 7.11 Å². The molecule has 0 aromatic heterocycles. The Bertz CT molecular complexity index is 452. The highest BCUT2D eigenvalue weighted by molar-refractivity contribution is 5.27. The van der Waals surface area contributed by atoms with Gasteiger partial charge >= 0.3 is 0 Å². The van der Waals surface area contributed by atoms with Crippen molar-refractivity contribution in [3.63, 3.8) is 0 Å². The summed E-state index contributed by atoms with van der Waals surface area (Å²) in [6.07, 6.45) is 0. The molecule has 0 N–H and O–H groups in total. The zero-order valence-corrected chi connectivity index (χ0v) is 10.4. The molecule has 0 amide bonds. The molecule has 0 spiro atoms. The van der Waals surface area contributed by atoms with E-state index >= 15 is 0 Å². The number of hydrogen-bond donors (Lipinski definition) is 0. The molecule has 0 aliphatic heterocycles. The molecule has 0 aliphatic rings. The Morgan fingerprint density at radius 3 is 2.00 bits per heavy atom. The van der Waals surface area contributed by atoms with E-state index in [9.17, 15) is 4.39 Å². The van der Waals surface area contributed by atoms with E-state index in [2.05, 4.69) is 19.1 Å². The summed E-state index contributed by atoms with van der Waals surface area (Å²) in [6.45, 7) is 3.80. The molecule has 2 rings (SSSR count). The van der Waals surface area contributed by atoms with E-state index < -0.39 is 0 Å². The molecule has 0 radical (unpaired) electrons. The number of rotatable bonds is 1. The summed E-state index contributed by atoms with van der Waals surface area (Å²) in [5.74, 6) is 0.336. The zero-order valence-electron chi connectivity index (χ0n) is 10.4. The lowest BCUT2D eigenvalue weighted by Crippen LogP contribution is -1.85. The van der Waals surface area contributed by atoms with Crippen LogP contribution in [-0.2, 0) is 0 Å². The van der Waals surface area contributed by atoms with E-state index in [1.54, 1.807) is 19.1 Å². The van der Waals surface area contributed by atoms with Crippen LogP contribution in [0.1, 0.15) is 11.1 Å². The van der Waals surface area contributed by atoms with Gasteiger partial charge in [0.05, 0.1) is 7.11 Å². The number of aryl methyl sites for hydroxylation is 2. The van der Waals surface area contributed by atoms with E-state index in [-0.39, 0.29) is 5.82 Å². The minimum Gasteiger partial charge on any atom is -0.497 e. The van der Waals surface area contributed by atoms with Crippen molar-refractivity contribution in [3.05, 3.63) is 65.5 Å². The molecule has 17 heavy (non-hydrogen) atoms. The number of methoxy groups -OCH3 is 1. The fraction of sp³-hybridized carbons (Fsp3) is 0.200. The van der Waals surface area contributed by atoms with E-state index in [1.165, 1.54) is 18.7 Å². The maximum absolute atomic E-state index is 12.7. The van der Waals surface area contributed by atoms with Crippen LogP contribution in [0.2, 0.25) is 0 Å². The van der Waals surface area contributed by atoms with Crippen LogP contribution in [0, 0.1) is 19.7 Å². The molecule has 2 aromatic carbocycles. The fourth-order valence-corrected chi connectivity index (χ4v) is 1.23. The Morgan fingerprint density at radius 1 is 0.941 bits per heavy atom. The Balaban J connectivity index is 0.000000181. The van der Waals surface area contributed by atoms with Crippen LogP contribution in [0.15, 0.2) is 48.5 Å². The minimum atomic E-state index is -0.223. The maximum Gasteiger partial charge on any atom is 0.129 e. The first-order chi connectivity index (χ1) is 8.13. The summed E-state index contributed by atoms with van der Waals surface area (Å²) in [6, 6.07) is 15.1. The summed E-state index contributed by atoms with van der Waals surface area (Å²) in [5.41, 5.74) is 1.96. The molecule has 0 unspecified atom stereocenters. The average molecular weight is 232 g/mol. The zero-order chi connectivity index (χ0) is 12.7. The van der Waals surface area contributed by atoms with E-state index in [0.717, 1.165) is 0 Å². The van der Waals surface area contributed by atoms with E-state index in [1.807, 2.05) is 18.2 Å². The first-order valence-corrected chi connectivity index (χ1v) is 5.45. The third-order valence-corrected chi connectivity index (χ3v) is 2.32. The van der Waals surface area contributed by atoms with Crippen LogP contribution < -0.4 is 4.74 Å². The normalized spacial score (nSPS) is 9.18. The molecule has 2 heteroatoms. The molecule has 0 fully saturated rings. The molecule has 0 bridgehead atoms. The van der Waals surface area contributed by atoms with Crippen LogP contribution in [0.5, 0.6) is 5.75 Å². The number of benzene rings is 2. The molecule has 1 nitrogen and oxygen atoms in total. The van der Waals surface area contributed by atoms with Gasteiger partial charge in [-0.3, -0.25) is 0 Å². The maximum atomic E-state index is 12.7. The lowest BCUT2D eigenvalue weighted by Gasteiger charge is -1.99. The molecule has 2 aromatic rings. The van der Waals surface area contributed by atoms with Crippen molar-refractivity contribution in [2.45, 2.75) is 13.8 Å². The Hall–Kier alpha value is -1.83. The fourth-order valence-electron chi connectivity index (χ4n) is 1.23. The highest BCUT2D eigenvalue weighted by atomic mass is 19.1. The predicted molar refractivity (Wildman–Crippen MR) is 68.9 cm³/mol. The molecular weight excluding hydrogens is 215 g/mol. The lowest BCUT2D eigenvalue weighted by atomic mass is 10.2. The number of halogens is 1. The first kappa shape index (κ1) is 13.2. The van der Waals surface area contributed by atoms with Crippen LogP contribution >= 0.6 is 0 Å². The second-order valence-corrected chi connectivity index (χ2v) is 3.77. The van der Waals surface area contributed by atoms with Gasteiger partial charge in [-0.25, -0.2) is 4.39 Å². The molecular formula is C15H17FO. The summed E-state index contributed by atoms with van der Waals surface area (Å²) >= 11 is 0. The van der Waals surface area contributed by atoms with Gasteiger partial charge in [-0.15, -0.1) is 0 Å². The van der Waals surface area contributed by atoms with Crippen molar-refractivity contribution in [2.75, 3.05) is 7.11 Å². The van der Waals surface area contributed by atoms with Crippen LogP contribution in [0.4, 0.5) is 4.39 Å². The first-order valence-electron chi connectivity index (χ1n) is 5.45. The molecule has 0 saturated carbocycles. The van der Waals surface area contributed by atoms with Crippen molar-refractivity contribution < 1.29 is 9.13 Å². The van der Waals surface area contributed by atoms with Crippen molar-refractivity contribution in [2.24, 2.45) is 0 Å². The Labute approximate surface area is 102 Å². The highest BCUT2D eigenvalue weighted by Gasteiger charge is 1.96. The van der Waals surface area contributed by atoms with Gasteiger partial charge in [0.15, 0.2) is 0 Å². The largest absolute Gasteiger partial charge is 0.497 e. The highest BCUT2D eigenvalue weighted by Crippen LogP contribution is 2.14. The van der Waals surface area contributed by atoms with Gasteiger partial charge in [-0.1, -0.05) is 42.0 Å². The number of ether oxygens (including phenoxy) is 1. The van der Waals surface area contributed by atoms with E-state index in [4.69, 9.17) is 4.74 Å². The minimum absolute atomic E-state index is 0.223. The van der Waals surface area contributed by atoms with Crippen molar-refractivity contribution in [1.82, 2.24) is 0 Å². The van der Waals surface area contributed by atoms with Crippen molar-refractivity contribution in [1.29, 1.82) is 0 Å². The summed E-state index contributed by atoms with van der Waals surface area (Å²) in [5, 5.41) is 0. The van der Waals surface area contributed by atoms with Gasteiger partial charge in [0.2, 0.25) is 0 Å². The van der Waals surface area contributed by atoms with Gasteiger partial charge in [-0.2, -0.15) is 0 Å². The SMILES string of the molecule is COc1ccc(C)c(F)c1.Cc1ccccc1. The third kappa shape index (κ3) is 4.68. The Morgan fingerprint density at radius 2 is 1.59 bits per heavy atom. The Kier molecular flexibility index (Phi) is 5.21. The van der Waals surface area contributed by atoms with E-state index in [0.29, 0.717) is 11.3 Å².